The van der Waals surface area contributed by atoms with Crippen molar-refractivity contribution in [2.24, 2.45) is 0 Å². The van der Waals surface area contributed by atoms with Crippen molar-refractivity contribution in [1.29, 1.82) is 0 Å². The summed E-state index contributed by atoms with van der Waals surface area (Å²) in [6, 6.07) is 18.9. The lowest BCUT2D eigenvalue weighted by atomic mass is 10.0. The first kappa shape index (κ1) is 15.3. The number of rotatable bonds is 6. The van der Waals surface area contributed by atoms with Gasteiger partial charge in [0, 0.05) is 12.6 Å². The zero-order valence-electron chi connectivity index (χ0n) is 12.6. The first-order valence-corrected chi connectivity index (χ1v) is 7.36. The summed E-state index contributed by atoms with van der Waals surface area (Å²) in [6.07, 6.45) is 0. The Labute approximate surface area is 126 Å². The van der Waals surface area contributed by atoms with E-state index in [1.807, 2.05) is 25.1 Å². The van der Waals surface area contributed by atoms with Crippen molar-refractivity contribution in [2.75, 3.05) is 13.1 Å². The molecule has 1 unspecified atom stereocenters. The number of carbonyl (C=O) groups excluding carboxylic acids is 1. The predicted octanol–water partition coefficient (Wildman–Crippen LogP) is 3.14. The summed E-state index contributed by atoms with van der Waals surface area (Å²) in [5, 5.41) is 6.01. The first-order valence-electron chi connectivity index (χ1n) is 7.36. The molecule has 1 atom stereocenters. The molecule has 0 aliphatic carbocycles. The van der Waals surface area contributed by atoms with Gasteiger partial charge in [-0.3, -0.25) is 4.79 Å². The Morgan fingerprint density at radius 3 is 2.24 bits per heavy atom. The molecule has 2 N–H and O–H groups in total. The van der Waals surface area contributed by atoms with E-state index in [9.17, 15) is 4.79 Å². The highest BCUT2D eigenvalue weighted by atomic mass is 16.1. The van der Waals surface area contributed by atoms with Crippen LogP contribution in [0, 0.1) is 0 Å². The topological polar surface area (TPSA) is 41.1 Å². The lowest BCUT2D eigenvalue weighted by Crippen LogP contribution is -2.34. The molecule has 0 aliphatic rings. The van der Waals surface area contributed by atoms with Crippen LogP contribution in [0.5, 0.6) is 0 Å². The quantitative estimate of drug-likeness (QED) is 0.854. The molecule has 3 heteroatoms. The predicted molar refractivity (Wildman–Crippen MR) is 87.0 cm³/mol. The van der Waals surface area contributed by atoms with E-state index < -0.39 is 0 Å². The lowest BCUT2D eigenvalue weighted by Gasteiger charge is -2.14. The summed E-state index contributed by atoms with van der Waals surface area (Å²) < 4.78 is 0. The number of carbonyl (C=O) groups is 1. The summed E-state index contributed by atoms with van der Waals surface area (Å²) in [5.41, 5.74) is 3.60. The van der Waals surface area contributed by atoms with E-state index in [0.29, 0.717) is 13.1 Å². The van der Waals surface area contributed by atoms with E-state index >= 15 is 0 Å². The van der Waals surface area contributed by atoms with Gasteiger partial charge in [0.25, 0.3) is 0 Å². The van der Waals surface area contributed by atoms with Crippen LogP contribution in [0.25, 0.3) is 11.1 Å². The smallest absolute Gasteiger partial charge is 0.233 e. The molecule has 21 heavy (non-hydrogen) atoms. The van der Waals surface area contributed by atoms with Crippen molar-refractivity contribution in [3.05, 3.63) is 60.2 Å². The lowest BCUT2D eigenvalue weighted by molar-refractivity contribution is -0.120. The largest absolute Gasteiger partial charge is 0.355 e. The minimum atomic E-state index is 0.0326. The summed E-state index contributed by atoms with van der Waals surface area (Å²) in [5.74, 6) is 0.0326. The molecule has 0 fully saturated rings. The molecule has 110 valence electrons. The van der Waals surface area contributed by atoms with Crippen LogP contribution >= 0.6 is 0 Å². The van der Waals surface area contributed by atoms with Crippen LogP contribution in [-0.4, -0.2) is 19.0 Å². The second-order valence-corrected chi connectivity index (χ2v) is 5.04. The van der Waals surface area contributed by atoms with E-state index in [-0.39, 0.29) is 11.9 Å². The van der Waals surface area contributed by atoms with Crippen LogP contribution in [0.15, 0.2) is 54.6 Å². The Morgan fingerprint density at radius 1 is 1.00 bits per heavy atom. The van der Waals surface area contributed by atoms with Gasteiger partial charge in [-0.05, 0) is 30.5 Å². The molecule has 0 saturated heterocycles. The number of benzene rings is 2. The van der Waals surface area contributed by atoms with Gasteiger partial charge in [-0.2, -0.15) is 0 Å². The third-order valence-electron chi connectivity index (χ3n) is 3.46. The van der Waals surface area contributed by atoms with E-state index in [1.165, 1.54) is 16.7 Å². The van der Waals surface area contributed by atoms with Gasteiger partial charge in [-0.25, -0.2) is 0 Å². The number of nitrogens with one attached hydrogen (secondary N) is 2. The minimum Gasteiger partial charge on any atom is -0.355 e. The van der Waals surface area contributed by atoms with Crippen molar-refractivity contribution in [3.63, 3.8) is 0 Å². The van der Waals surface area contributed by atoms with Crippen LogP contribution in [0.1, 0.15) is 25.5 Å². The maximum atomic E-state index is 11.4. The van der Waals surface area contributed by atoms with E-state index in [0.717, 1.165) is 0 Å². The normalized spacial score (nSPS) is 11.9. The van der Waals surface area contributed by atoms with Crippen LogP contribution in [0.3, 0.4) is 0 Å². The number of hydrogen-bond donors (Lipinski definition) is 2. The molecule has 0 aromatic heterocycles. The average molecular weight is 282 g/mol. The minimum absolute atomic E-state index is 0.0326. The van der Waals surface area contributed by atoms with Gasteiger partial charge in [0.15, 0.2) is 0 Å². The van der Waals surface area contributed by atoms with Gasteiger partial charge < -0.3 is 10.6 Å². The van der Waals surface area contributed by atoms with Crippen molar-refractivity contribution in [3.8, 4) is 11.1 Å². The standard InChI is InChI=1S/C18H22N2O/c1-3-19-18(21)13-20-14(2)15-9-11-17(12-10-15)16-7-5-4-6-8-16/h4-12,14,20H,3,13H2,1-2H3,(H,19,21). The molecule has 0 heterocycles. The highest BCUT2D eigenvalue weighted by Crippen LogP contribution is 2.21. The Balaban J connectivity index is 1.97. The number of hydrogen-bond acceptors (Lipinski definition) is 2. The third kappa shape index (κ3) is 4.43. The monoisotopic (exact) mass is 282 g/mol. The zero-order valence-corrected chi connectivity index (χ0v) is 12.6. The molecule has 0 spiro atoms. The third-order valence-corrected chi connectivity index (χ3v) is 3.46. The van der Waals surface area contributed by atoms with Gasteiger partial charge in [-0.1, -0.05) is 54.6 Å². The number of likely N-dealkylation sites (N-methyl/N-ethyl adjacent to an activating group) is 1. The fraction of sp³-hybridized carbons (Fsp3) is 0.278. The molecule has 2 rings (SSSR count). The molecule has 1 amide bonds. The fourth-order valence-corrected chi connectivity index (χ4v) is 2.22. The SMILES string of the molecule is CCNC(=O)CNC(C)c1ccc(-c2ccccc2)cc1. The Hall–Kier alpha value is -2.13. The molecule has 0 saturated carbocycles. The highest BCUT2D eigenvalue weighted by Gasteiger charge is 2.07. The van der Waals surface area contributed by atoms with E-state index in [1.54, 1.807) is 0 Å². The van der Waals surface area contributed by atoms with Crippen LogP contribution in [0.2, 0.25) is 0 Å². The van der Waals surface area contributed by atoms with E-state index in [4.69, 9.17) is 0 Å². The van der Waals surface area contributed by atoms with Crippen LogP contribution in [-0.2, 0) is 4.79 Å². The van der Waals surface area contributed by atoms with E-state index in [2.05, 4.69) is 54.0 Å². The van der Waals surface area contributed by atoms with Gasteiger partial charge in [0.05, 0.1) is 6.54 Å². The second kappa shape index (κ2) is 7.60. The first-order chi connectivity index (χ1) is 10.2. The molecule has 0 bridgehead atoms. The maximum Gasteiger partial charge on any atom is 0.233 e. The van der Waals surface area contributed by atoms with Gasteiger partial charge >= 0.3 is 0 Å². The van der Waals surface area contributed by atoms with Gasteiger partial charge in [0.1, 0.15) is 0 Å². The van der Waals surface area contributed by atoms with Crippen LogP contribution in [0.4, 0.5) is 0 Å². The molecular weight excluding hydrogens is 260 g/mol. The summed E-state index contributed by atoms with van der Waals surface area (Å²) in [6.45, 7) is 5.00. The van der Waals surface area contributed by atoms with Crippen molar-refractivity contribution in [1.82, 2.24) is 10.6 Å². The summed E-state index contributed by atoms with van der Waals surface area (Å²) in [7, 11) is 0. The zero-order chi connectivity index (χ0) is 15.1. The van der Waals surface area contributed by atoms with Crippen LogP contribution < -0.4 is 10.6 Å². The molecule has 2 aromatic carbocycles. The molecule has 2 aromatic rings. The summed E-state index contributed by atoms with van der Waals surface area (Å²) >= 11 is 0. The second-order valence-electron chi connectivity index (χ2n) is 5.04. The maximum absolute atomic E-state index is 11.4. The average Bonchev–Trinajstić information content (AvgIpc) is 2.54. The van der Waals surface area contributed by atoms with Crippen molar-refractivity contribution >= 4 is 5.91 Å². The van der Waals surface area contributed by atoms with Gasteiger partial charge in [0.2, 0.25) is 5.91 Å². The molecule has 3 nitrogen and oxygen atoms in total. The molecule has 0 aliphatic heterocycles. The van der Waals surface area contributed by atoms with Crippen molar-refractivity contribution < 1.29 is 4.79 Å². The Morgan fingerprint density at radius 2 is 1.62 bits per heavy atom. The number of amides is 1. The Bertz CT molecular complexity index is 564. The highest BCUT2D eigenvalue weighted by molar-refractivity contribution is 5.77. The molecular formula is C18H22N2O. The summed E-state index contributed by atoms with van der Waals surface area (Å²) in [4.78, 5) is 11.4. The van der Waals surface area contributed by atoms with Gasteiger partial charge in [-0.15, -0.1) is 0 Å². The van der Waals surface area contributed by atoms with Crippen molar-refractivity contribution in [2.45, 2.75) is 19.9 Å². The Kier molecular flexibility index (Phi) is 5.52. The fourth-order valence-electron chi connectivity index (χ4n) is 2.22. The molecule has 0 radical (unpaired) electrons.